The lowest BCUT2D eigenvalue weighted by Gasteiger charge is -1.98. The van der Waals surface area contributed by atoms with Gasteiger partial charge < -0.3 is 0 Å². The number of nitrogens with zero attached hydrogens (tertiary/aromatic N) is 2. The topological polar surface area (TPSA) is 36.7 Å². The third-order valence-electron chi connectivity index (χ3n) is 3.77. The molecule has 0 aliphatic carbocycles. The molecule has 0 atom stereocenters. The first-order valence-electron chi connectivity index (χ1n) is 8.03. The van der Waals surface area contributed by atoms with Gasteiger partial charge in [0.2, 0.25) is 0 Å². The van der Waals surface area contributed by atoms with Gasteiger partial charge in [0, 0.05) is 9.77 Å². The number of aromatic nitrogens is 1. The molecule has 0 amide bonds. The monoisotopic (exact) mass is 390 g/mol. The van der Waals surface area contributed by atoms with Crippen molar-refractivity contribution < 1.29 is 0 Å². The maximum Gasteiger partial charge on any atom is 0.135 e. The van der Waals surface area contributed by atoms with Crippen molar-refractivity contribution in [3.8, 4) is 6.07 Å². The molecule has 2 heterocycles. The number of nitriles is 1. The van der Waals surface area contributed by atoms with E-state index in [0.29, 0.717) is 5.57 Å². The van der Waals surface area contributed by atoms with E-state index < -0.39 is 0 Å². The molecule has 0 saturated heterocycles. The molecule has 0 aliphatic heterocycles. The highest BCUT2D eigenvalue weighted by molar-refractivity contribution is 8.01. The molecule has 0 bridgehead atoms. The zero-order valence-electron chi connectivity index (χ0n) is 14.0. The molecule has 2 nitrogen and oxygen atoms in total. The van der Waals surface area contributed by atoms with Crippen molar-refractivity contribution in [1.29, 1.82) is 5.26 Å². The largest absolute Gasteiger partial charge is 0.235 e. The van der Waals surface area contributed by atoms with Crippen molar-refractivity contribution in [1.82, 2.24) is 4.98 Å². The molecule has 2 aromatic carbocycles. The highest BCUT2D eigenvalue weighted by Gasteiger charge is 2.09. The number of thiazole rings is 1. The molecular formula is C21H14N2S3. The summed E-state index contributed by atoms with van der Waals surface area (Å²) >= 11 is 4.99. The maximum atomic E-state index is 9.58. The molecule has 4 rings (SSSR count). The predicted molar refractivity (Wildman–Crippen MR) is 113 cm³/mol. The van der Waals surface area contributed by atoms with Crippen LogP contribution in [0.25, 0.3) is 21.9 Å². The molecule has 26 heavy (non-hydrogen) atoms. The lowest BCUT2D eigenvalue weighted by atomic mass is 10.2. The van der Waals surface area contributed by atoms with E-state index in [9.17, 15) is 5.26 Å². The van der Waals surface area contributed by atoms with E-state index in [2.05, 4.69) is 54.4 Å². The molecule has 126 valence electrons. The molecule has 0 radical (unpaired) electrons. The number of allylic oxidation sites excluding steroid dienone is 1. The van der Waals surface area contributed by atoms with Crippen molar-refractivity contribution in [2.45, 2.75) is 16.0 Å². The Balaban J connectivity index is 1.59. The van der Waals surface area contributed by atoms with E-state index in [1.165, 1.54) is 14.7 Å². The molecule has 0 saturated carbocycles. The van der Waals surface area contributed by atoms with E-state index >= 15 is 0 Å². The summed E-state index contributed by atoms with van der Waals surface area (Å²) in [4.78, 5) is 6.88. The smallest absolute Gasteiger partial charge is 0.135 e. The van der Waals surface area contributed by atoms with Crippen molar-refractivity contribution >= 4 is 56.3 Å². The average Bonchev–Trinajstić information content (AvgIpc) is 3.28. The Hall–Kier alpha value is -2.39. The fourth-order valence-electron chi connectivity index (χ4n) is 2.46. The Kier molecular flexibility index (Phi) is 4.89. The molecule has 0 spiro atoms. The molecule has 0 unspecified atom stereocenters. The van der Waals surface area contributed by atoms with Gasteiger partial charge in [-0.15, -0.1) is 22.7 Å². The van der Waals surface area contributed by atoms with E-state index in [-0.39, 0.29) is 0 Å². The second kappa shape index (κ2) is 7.46. The van der Waals surface area contributed by atoms with Crippen LogP contribution in [0.2, 0.25) is 0 Å². The molecule has 5 heteroatoms. The third kappa shape index (κ3) is 3.73. The Morgan fingerprint density at radius 1 is 1.04 bits per heavy atom. The predicted octanol–water partition coefficient (Wildman–Crippen LogP) is 6.88. The number of rotatable bonds is 4. The Labute approximate surface area is 164 Å². The highest BCUT2D eigenvalue weighted by atomic mass is 32.2. The number of hydrogen-bond donors (Lipinski definition) is 0. The number of benzene rings is 2. The first-order chi connectivity index (χ1) is 12.7. The molecule has 0 aliphatic rings. The van der Waals surface area contributed by atoms with Crippen LogP contribution in [0.4, 0.5) is 0 Å². The number of aryl methyl sites for hydroxylation is 1. The van der Waals surface area contributed by atoms with Crippen LogP contribution in [-0.4, -0.2) is 4.98 Å². The lowest BCUT2D eigenvalue weighted by molar-refractivity contribution is 1.38. The van der Waals surface area contributed by atoms with Crippen molar-refractivity contribution in [2.24, 2.45) is 0 Å². The molecule has 0 N–H and O–H groups in total. The van der Waals surface area contributed by atoms with Gasteiger partial charge in [-0.1, -0.05) is 41.6 Å². The van der Waals surface area contributed by atoms with Crippen LogP contribution in [0.15, 0.2) is 69.8 Å². The minimum absolute atomic E-state index is 0.611. The summed E-state index contributed by atoms with van der Waals surface area (Å²) in [6.07, 6.45) is 1.93. The van der Waals surface area contributed by atoms with Gasteiger partial charge in [0.25, 0.3) is 0 Å². The summed E-state index contributed by atoms with van der Waals surface area (Å²) in [5.74, 6) is 0. The third-order valence-corrected chi connectivity index (χ3v) is 7.01. The SMILES string of the molecule is Cc1ccc(Sc2ccc(/C=C(\C#N)c3nc4ccccc4s3)s2)cc1. The standard InChI is InChI=1S/C21H14N2S3/c1-14-6-8-16(9-7-14)24-20-11-10-17(25-20)12-15(13-22)21-23-18-4-2-3-5-19(18)26-21/h2-12H,1H3/b15-12+. The minimum Gasteiger partial charge on any atom is -0.235 e. The van der Waals surface area contributed by atoms with Crippen LogP contribution >= 0.6 is 34.4 Å². The quantitative estimate of drug-likeness (QED) is 0.356. The van der Waals surface area contributed by atoms with Crippen molar-refractivity contribution in [2.75, 3.05) is 0 Å². The molecule has 0 fully saturated rings. The summed E-state index contributed by atoms with van der Waals surface area (Å²) in [5.41, 5.74) is 2.81. The van der Waals surface area contributed by atoms with Gasteiger partial charge in [-0.2, -0.15) is 5.26 Å². The Morgan fingerprint density at radius 3 is 2.62 bits per heavy atom. The van der Waals surface area contributed by atoms with Gasteiger partial charge in [-0.3, -0.25) is 0 Å². The van der Waals surface area contributed by atoms with Gasteiger partial charge in [0.05, 0.1) is 20.0 Å². The fourth-order valence-corrected chi connectivity index (χ4v) is 5.46. The van der Waals surface area contributed by atoms with Gasteiger partial charge >= 0.3 is 0 Å². The van der Waals surface area contributed by atoms with Crippen LogP contribution in [-0.2, 0) is 0 Å². The molecule has 2 aromatic heterocycles. The normalized spacial score (nSPS) is 11.6. The van der Waals surface area contributed by atoms with Crippen LogP contribution in [0.1, 0.15) is 15.4 Å². The number of para-hydroxylation sites is 1. The van der Waals surface area contributed by atoms with E-state index in [0.717, 1.165) is 20.1 Å². The summed E-state index contributed by atoms with van der Waals surface area (Å²) in [5, 5.41) is 10.4. The van der Waals surface area contributed by atoms with Gasteiger partial charge in [0.15, 0.2) is 0 Å². The van der Waals surface area contributed by atoms with E-state index in [1.807, 2.05) is 30.3 Å². The van der Waals surface area contributed by atoms with Crippen LogP contribution in [0.3, 0.4) is 0 Å². The van der Waals surface area contributed by atoms with Crippen molar-refractivity contribution in [3.05, 3.63) is 76.1 Å². The zero-order chi connectivity index (χ0) is 17.9. The second-order valence-electron chi connectivity index (χ2n) is 5.73. The average molecular weight is 391 g/mol. The van der Waals surface area contributed by atoms with E-state index in [4.69, 9.17) is 0 Å². The Morgan fingerprint density at radius 2 is 1.85 bits per heavy atom. The fraction of sp³-hybridized carbons (Fsp3) is 0.0476. The van der Waals surface area contributed by atoms with Gasteiger partial charge in [0.1, 0.15) is 11.1 Å². The van der Waals surface area contributed by atoms with Crippen molar-refractivity contribution in [3.63, 3.8) is 0 Å². The van der Waals surface area contributed by atoms with Crippen LogP contribution in [0.5, 0.6) is 0 Å². The highest BCUT2D eigenvalue weighted by Crippen LogP contribution is 2.35. The first-order valence-corrected chi connectivity index (χ1v) is 10.5. The maximum absolute atomic E-state index is 9.58. The number of fused-ring (bicyclic) bond motifs is 1. The lowest BCUT2D eigenvalue weighted by Crippen LogP contribution is -1.78. The summed E-state index contributed by atoms with van der Waals surface area (Å²) in [6.45, 7) is 2.09. The molecular weight excluding hydrogens is 376 g/mol. The molecule has 4 aromatic rings. The first kappa shape index (κ1) is 17.0. The van der Waals surface area contributed by atoms with E-state index in [1.54, 1.807) is 34.4 Å². The van der Waals surface area contributed by atoms with Gasteiger partial charge in [-0.25, -0.2) is 4.98 Å². The number of thiophene rings is 1. The summed E-state index contributed by atoms with van der Waals surface area (Å²) in [6, 6.07) is 23.0. The zero-order valence-corrected chi connectivity index (χ0v) is 16.4. The summed E-state index contributed by atoms with van der Waals surface area (Å²) in [7, 11) is 0. The minimum atomic E-state index is 0.611. The van der Waals surface area contributed by atoms with Gasteiger partial charge in [-0.05, 0) is 49.4 Å². The van der Waals surface area contributed by atoms with Crippen LogP contribution < -0.4 is 0 Å². The number of hydrogen-bond acceptors (Lipinski definition) is 5. The second-order valence-corrected chi connectivity index (χ2v) is 9.25. The van der Waals surface area contributed by atoms with Crippen LogP contribution in [0, 0.1) is 18.3 Å². The Bertz CT molecular complexity index is 1090. The summed E-state index contributed by atoms with van der Waals surface area (Å²) < 4.78 is 2.31.